The van der Waals surface area contributed by atoms with Gasteiger partial charge in [-0.1, -0.05) is 34.1 Å². The Morgan fingerprint density at radius 1 is 1.28 bits per heavy atom. The molecule has 6 heteroatoms. The molecule has 0 fully saturated rings. The Morgan fingerprint density at radius 2 is 1.94 bits per heavy atom. The highest BCUT2D eigenvalue weighted by Gasteiger charge is 2.27. The minimum atomic E-state index is -4.29. The number of halogens is 4. The van der Waals surface area contributed by atoms with Crippen LogP contribution in [0.5, 0.6) is 0 Å². The molecule has 2 nitrogen and oxygen atoms in total. The van der Waals surface area contributed by atoms with Crippen molar-refractivity contribution < 1.29 is 17.9 Å². The van der Waals surface area contributed by atoms with Crippen molar-refractivity contribution in [1.29, 1.82) is 0 Å². The average Bonchev–Trinajstić information content (AvgIpc) is 2.29. The van der Waals surface area contributed by atoms with Crippen LogP contribution in [0, 0.1) is 5.92 Å². The Morgan fingerprint density at radius 3 is 2.50 bits per heavy atom. The van der Waals surface area contributed by atoms with Crippen LogP contribution in [0.2, 0.25) is 0 Å². The highest BCUT2D eigenvalue weighted by Crippen LogP contribution is 2.20. The summed E-state index contributed by atoms with van der Waals surface area (Å²) < 4.78 is 41.4. The van der Waals surface area contributed by atoms with E-state index in [4.69, 9.17) is 5.73 Å². The van der Waals surface area contributed by atoms with Crippen LogP contribution in [-0.4, -0.2) is 25.9 Å². The van der Waals surface area contributed by atoms with Crippen LogP contribution in [0.4, 0.5) is 13.2 Å². The van der Waals surface area contributed by atoms with Gasteiger partial charge in [-0.05, 0) is 30.5 Å². The molecule has 1 aromatic carbocycles. The van der Waals surface area contributed by atoms with E-state index < -0.39 is 12.8 Å². The Bertz CT molecular complexity index is 371. The van der Waals surface area contributed by atoms with Crippen molar-refractivity contribution in [3.63, 3.8) is 0 Å². The van der Waals surface area contributed by atoms with Gasteiger partial charge in [-0.15, -0.1) is 0 Å². The Labute approximate surface area is 112 Å². The third kappa shape index (κ3) is 5.84. The highest BCUT2D eigenvalue weighted by atomic mass is 79.9. The van der Waals surface area contributed by atoms with Crippen LogP contribution in [0.3, 0.4) is 0 Å². The number of rotatable bonds is 6. The molecule has 0 aliphatic heterocycles. The van der Waals surface area contributed by atoms with Gasteiger partial charge in [-0.2, -0.15) is 13.2 Å². The summed E-state index contributed by atoms with van der Waals surface area (Å²) >= 11 is 3.39. The number of alkyl halides is 3. The predicted octanol–water partition coefficient (Wildman–Crippen LogP) is 3.15. The Balaban J connectivity index is 2.45. The molecule has 0 saturated heterocycles. The van der Waals surface area contributed by atoms with Crippen molar-refractivity contribution in [3.05, 3.63) is 34.3 Å². The maximum atomic E-state index is 11.9. The molecule has 0 spiro atoms. The van der Waals surface area contributed by atoms with E-state index in [9.17, 15) is 13.2 Å². The predicted molar refractivity (Wildman–Crippen MR) is 67.3 cm³/mol. The molecule has 1 rings (SSSR count). The van der Waals surface area contributed by atoms with Crippen LogP contribution >= 0.6 is 15.9 Å². The van der Waals surface area contributed by atoms with Gasteiger partial charge in [0.15, 0.2) is 0 Å². The van der Waals surface area contributed by atoms with Gasteiger partial charge in [0.25, 0.3) is 0 Å². The molecular formula is C12H15BrF3NO. The van der Waals surface area contributed by atoms with Gasteiger partial charge in [0.2, 0.25) is 0 Å². The van der Waals surface area contributed by atoms with Crippen molar-refractivity contribution in [2.45, 2.75) is 12.6 Å². The minimum Gasteiger partial charge on any atom is -0.372 e. The molecule has 0 aliphatic rings. The van der Waals surface area contributed by atoms with Gasteiger partial charge < -0.3 is 10.5 Å². The number of nitrogens with two attached hydrogens (primary N) is 1. The van der Waals surface area contributed by atoms with Crippen molar-refractivity contribution in [1.82, 2.24) is 0 Å². The number of hydrogen-bond donors (Lipinski definition) is 1. The smallest absolute Gasteiger partial charge is 0.372 e. The summed E-state index contributed by atoms with van der Waals surface area (Å²) in [5.74, 6) is -0.119. The lowest BCUT2D eigenvalue weighted by Crippen LogP contribution is -2.26. The molecule has 1 unspecified atom stereocenters. The summed E-state index contributed by atoms with van der Waals surface area (Å²) in [6.07, 6.45) is -3.69. The topological polar surface area (TPSA) is 35.2 Å². The first-order valence-electron chi connectivity index (χ1n) is 5.50. The van der Waals surface area contributed by atoms with E-state index in [1.165, 1.54) is 0 Å². The molecule has 1 atom stereocenters. The monoisotopic (exact) mass is 325 g/mol. The van der Waals surface area contributed by atoms with Crippen LogP contribution in [0.15, 0.2) is 28.7 Å². The first kappa shape index (κ1) is 15.5. The van der Waals surface area contributed by atoms with E-state index in [2.05, 4.69) is 20.7 Å². The fraction of sp³-hybridized carbons (Fsp3) is 0.500. The van der Waals surface area contributed by atoms with Gasteiger partial charge in [-0.25, -0.2) is 0 Å². The van der Waals surface area contributed by atoms with E-state index in [-0.39, 0.29) is 12.5 Å². The van der Waals surface area contributed by atoms with Crippen LogP contribution in [0.25, 0.3) is 0 Å². The van der Waals surface area contributed by atoms with E-state index in [0.29, 0.717) is 13.0 Å². The summed E-state index contributed by atoms with van der Waals surface area (Å²) in [5, 5.41) is 0. The number of hydrogen-bond acceptors (Lipinski definition) is 2. The summed E-state index contributed by atoms with van der Waals surface area (Å²) in [6.45, 7) is -0.921. The molecule has 0 amide bonds. The molecule has 0 aromatic heterocycles. The molecule has 102 valence electrons. The number of ether oxygens (including phenoxy) is 1. The quantitative estimate of drug-likeness (QED) is 0.872. The van der Waals surface area contributed by atoms with Crippen molar-refractivity contribution in [2.24, 2.45) is 11.7 Å². The van der Waals surface area contributed by atoms with Gasteiger partial charge in [-0.3, -0.25) is 0 Å². The highest BCUT2D eigenvalue weighted by molar-refractivity contribution is 9.10. The maximum Gasteiger partial charge on any atom is 0.411 e. The van der Waals surface area contributed by atoms with Crippen LogP contribution in [-0.2, 0) is 11.2 Å². The Hall–Kier alpha value is -0.590. The zero-order valence-electron chi connectivity index (χ0n) is 9.71. The first-order chi connectivity index (χ1) is 8.42. The van der Waals surface area contributed by atoms with Crippen LogP contribution < -0.4 is 5.73 Å². The van der Waals surface area contributed by atoms with Gasteiger partial charge >= 0.3 is 6.18 Å². The first-order valence-corrected chi connectivity index (χ1v) is 6.29. The third-order valence-electron chi connectivity index (χ3n) is 2.42. The average molecular weight is 326 g/mol. The molecule has 18 heavy (non-hydrogen) atoms. The fourth-order valence-electron chi connectivity index (χ4n) is 1.53. The van der Waals surface area contributed by atoms with Gasteiger partial charge in [0.05, 0.1) is 6.61 Å². The summed E-state index contributed by atoms with van der Waals surface area (Å²) in [4.78, 5) is 0. The van der Waals surface area contributed by atoms with Gasteiger partial charge in [0.1, 0.15) is 6.61 Å². The molecular weight excluding hydrogens is 311 g/mol. The zero-order valence-corrected chi connectivity index (χ0v) is 11.3. The maximum absolute atomic E-state index is 11.9. The third-order valence-corrected chi connectivity index (χ3v) is 3.19. The second-order valence-corrected chi connectivity index (χ2v) is 4.88. The van der Waals surface area contributed by atoms with E-state index in [0.717, 1.165) is 10.0 Å². The van der Waals surface area contributed by atoms with E-state index in [1.54, 1.807) is 0 Å². The molecule has 0 bridgehead atoms. The fourth-order valence-corrected chi connectivity index (χ4v) is 1.97. The van der Waals surface area contributed by atoms with Crippen LogP contribution in [0.1, 0.15) is 5.56 Å². The molecule has 2 N–H and O–H groups in total. The lowest BCUT2D eigenvalue weighted by atomic mass is 10.0. The molecule has 1 aromatic rings. The van der Waals surface area contributed by atoms with E-state index in [1.807, 2.05) is 24.3 Å². The van der Waals surface area contributed by atoms with Crippen molar-refractivity contribution in [2.75, 3.05) is 19.8 Å². The lowest BCUT2D eigenvalue weighted by Gasteiger charge is -2.16. The van der Waals surface area contributed by atoms with Crippen molar-refractivity contribution >= 4 is 15.9 Å². The second kappa shape index (κ2) is 7.11. The number of benzene rings is 1. The molecule has 0 saturated carbocycles. The van der Waals surface area contributed by atoms with Crippen molar-refractivity contribution in [3.8, 4) is 0 Å². The summed E-state index contributed by atoms with van der Waals surface area (Å²) in [6, 6.07) is 7.56. The lowest BCUT2D eigenvalue weighted by molar-refractivity contribution is -0.176. The Kier molecular flexibility index (Phi) is 6.11. The van der Waals surface area contributed by atoms with E-state index >= 15 is 0 Å². The minimum absolute atomic E-state index is 0.0113. The van der Waals surface area contributed by atoms with Gasteiger partial charge in [0, 0.05) is 4.47 Å². The molecule has 0 aliphatic carbocycles. The largest absolute Gasteiger partial charge is 0.411 e. The molecule has 0 radical (unpaired) electrons. The molecule has 0 heterocycles. The summed E-state index contributed by atoms with van der Waals surface area (Å²) in [7, 11) is 0. The zero-order chi connectivity index (χ0) is 13.6. The summed E-state index contributed by atoms with van der Waals surface area (Å²) in [5.41, 5.74) is 6.56. The SMILES string of the molecule is NCC(COCC(F)(F)F)Cc1ccccc1Br. The second-order valence-electron chi connectivity index (χ2n) is 4.03. The normalized spacial score (nSPS) is 13.6. The standard InChI is InChI=1S/C12H15BrF3NO/c13-11-4-2-1-3-10(11)5-9(6-17)7-18-8-12(14,15)16/h1-4,9H,5-8,17H2.